The number of aryl methyl sites for hydroxylation is 3. The number of likely N-dealkylation sites (tertiary alicyclic amines) is 1. The molecule has 0 N–H and O–H groups in total. The first-order valence-corrected chi connectivity index (χ1v) is 9.73. The predicted molar refractivity (Wildman–Crippen MR) is 102 cm³/mol. The first-order valence-electron chi connectivity index (χ1n) is 9.73. The molecule has 1 aromatic heterocycles. The Morgan fingerprint density at radius 2 is 1.85 bits per heavy atom. The average Bonchev–Trinajstić information content (AvgIpc) is 3.22. The fraction of sp³-hybridized carbons (Fsp3) is 0.524. The lowest BCUT2D eigenvalue weighted by Crippen LogP contribution is -2.31. The summed E-state index contributed by atoms with van der Waals surface area (Å²) >= 11 is 0. The molecule has 0 atom stereocenters. The molecule has 3 heterocycles. The van der Waals surface area contributed by atoms with Gasteiger partial charge in [-0.3, -0.25) is 9.69 Å². The predicted octanol–water partition coefficient (Wildman–Crippen LogP) is 3.14. The van der Waals surface area contributed by atoms with Crippen molar-refractivity contribution >= 4 is 5.91 Å². The zero-order chi connectivity index (χ0) is 18.1. The van der Waals surface area contributed by atoms with E-state index in [1.807, 2.05) is 29.4 Å². The van der Waals surface area contributed by atoms with Gasteiger partial charge in [0.2, 0.25) is 0 Å². The average molecular weight is 352 g/mol. The molecule has 2 aliphatic rings. The molecule has 26 heavy (non-hydrogen) atoms. The van der Waals surface area contributed by atoms with Crippen LogP contribution in [0.4, 0.5) is 0 Å². The maximum Gasteiger partial charge on any atom is 0.254 e. The SMILES string of the molecule is Cc1ccc(C(=O)N2CCCn3cnc(CN4CCCC4)c3C2)cc1C. The molecule has 0 bridgehead atoms. The second-order valence-electron chi connectivity index (χ2n) is 7.69. The Balaban J connectivity index is 1.55. The highest BCUT2D eigenvalue weighted by atomic mass is 16.2. The van der Waals surface area contributed by atoms with Crippen LogP contribution in [0.25, 0.3) is 0 Å². The van der Waals surface area contributed by atoms with Gasteiger partial charge in [0.15, 0.2) is 0 Å². The fourth-order valence-electron chi connectivity index (χ4n) is 4.03. The summed E-state index contributed by atoms with van der Waals surface area (Å²) in [6, 6.07) is 6.02. The number of imidazole rings is 1. The van der Waals surface area contributed by atoms with Crippen LogP contribution in [0.3, 0.4) is 0 Å². The van der Waals surface area contributed by atoms with Crippen molar-refractivity contribution in [3.05, 3.63) is 52.6 Å². The van der Waals surface area contributed by atoms with Gasteiger partial charge in [-0.25, -0.2) is 4.98 Å². The third kappa shape index (κ3) is 3.40. The van der Waals surface area contributed by atoms with Gasteiger partial charge >= 0.3 is 0 Å². The number of nitrogens with zero attached hydrogens (tertiary/aromatic N) is 4. The minimum absolute atomic E-state index is 0.134. The van der Waals surface area contributed by atoms with Crippen LogP contribution in [-0.4, -0.2) is 44.9 Å². The Morgan fingerprint density at radius 1 is 1.04 bits per heavy atom. The summed E-state index contributed by atoms with van der Waals surface area (Å²) in [6.45, 7) is 9.80. The number of rotatable bonds is 3. The van der Waals surface area contributed by atoms with Gasteiger partial charge in [-0.05, 0) is 69.5 Å². The number of benzene rings is 1. The Kier molecular flexibility index (Phi) is 4.81. The van der Waals surface area contributed by atoms with E-state index in [9.17, 15) is 4.79 Å². The van der Waals surface area contributed by atoms with E-state index in [2.05, 4.69) is 28.3 Å². The Labute approximate surface area is 155 Å². The van der Waals surface area contributed by atoms with Gasteiger partial charge in [-0.1, -0.05) is 6.07 Å². The third-order valence-corrected chi connectivity index (χ3v) is 5.81. The lowest BCUT2D eigenvalue weighted by molar-refractivity contribution is 0.0745. The summed E-state index contributed by atoms with van der Waals surface area (Å²) in [6.07, 6.45) is 5.51. The maximum absolute atomic E-state index is 13.1. The largest absolute Gasteiger partial charge is 0.333 e. The van der Waals surface area contributed by atoms with Crippen LogP contribution < -0.4 is 0 Å². The number of hydrogen-bond donors (Lipinski definition) is 0. The van der Waals surface area contributed by atoms with Gasteiger partial charge in [-0.15, -0.1) is 0 Å². The zero-order valence-electron chi connectivity index (χ0n) is 15.9. The van der Waals surface area contributed by atoms with Crippen LogP contribution >= 0.6 is 0 Å². The number of carbonyl (C=O) groups is 1. The van der Waals surface area contributed by atoms with Crippen LogP contribution in [0, 0.1) is 13.8 Å². The Morgan fingerprint density at radius 3 is 2.62 bits per heavy atom. The Hall–Kier alpha value is -2.14. The molecule has 4 rings (SSSR count). The van der Waals surface area contributed by atoms with E-state index in [-0.39, 0.29) is 5.91 Å². The van der Waals surface area contributed by atoms with Crippen LogP contribution in [0.15, 0.2) is 24.5 Å². The summed E-state index contributed by atoms with van der Waals surface area (Å²) in [4.78, 5) is 22.2. The molecule has 5 nitrogen and oxygen atoms in total. The molecule has 0 aliphatic carbocycles. The van der Waals surface area contributed by atoms with Crippen molar-refractivity contribution in [2.24, 2.45) is 0 Å². The van der Waals surface area contributed by atoms with E-state index in [1.165, 1.54) is 29.7 Å². The molecule has 0 spiro atoms. The molecule has 1 fully saturated rings. The minimum atomic E-state index is 0.134. The quantitative estimate of drug-likeness (QED) is 0.852. The minimum Gasteiger partial charge on any atom is -0.333 e. The number of aromatic nitrogens is 2. The van der Waals surface area contributed by atoms with E-state index >= 15 is 0 Å². The highest BCUT2D eigenvalue weighted by Crippen LogP contribution is 2.21. The number of amides is 1. The molecule has 138 valence electrons. The molecule has 1 saturated heterocycles. The lowest BCUT2D eigenvalue weighted by atomic mass is 10.1. The summed E-state index contributed by atoms with van der Waals surface area (Å²) in [7, 11) is 0. The second-order valence-corrected chi connectivity index (χ2v) is 7.69. The van der Waals surface area contributed by atoms with E-state index in [1.54, 1.807) is 0 Å². The van der Waals surface area contributed by atoms with Gasteiger partial charge in [0.05, 0.1) is 24.3 Å². The molecule has 0 saturated carbocycles. The first kappa shape index (κ1) is 17.3. The molecular formula is C21H28N4O. The Bertz CT molecular complexity index is 804. The maximum atomic E-state index is 13.1. The molecule has 5 heteroatoms. The van der Waals surface area contributed by atoms with Gasteiger partial charge in [0, 0.05) is 25.2 Å². The number of fused-ring (bicyclic) bond motifs is 1. The fourth-order valence-corrected chi connectivity index (χ4v) is 4.03. The molecule has 0 unspecified atom stereocenters. The smallest absolute Gasteiger partial charge is 0.254 e. The first-order chi connectivity index (χ1) is 12.6. The van der Waals surface area contributed by atoms with Gasteiger partial charge in [0.25, 0.3) is 5.91 Å². The van der Waals surface area contributed by atoms with Crippen molar-refractivity contribution < 1.29 is 4.79 Å². The summed E-state index contributed by atoms with van der Waals surface area (Å²) in [5, 5.41) is 0. The van der Waals surface area contributed by atoms with Gasteiger partial charge in [-0.2, -0.15) is 0 Å². The van der Waals surface area contributed by atoms with Crippen molar-refractivity contribution in [3.63, 3.8) is 0 Å². The van der Waals surface area contributed by atoms with E-state index in [4.69, 9.17) is 0 Å². The summed E-state index contributed by atoms with van der Waals surface area (Å²) < 4.78 is 2.25. The summed E-state index contributed by atoms with van der Waals surface area (Å²) in [5.41, 5.74) is 5.55. The lowest BCUT2D eigenvalue weighted by Gasteiger charge is -2.22. The van der Waals surface area contributed by atoms with Crippen LogP contribution in [-0.2, 0) is 19.6 Å². The summed E-state index contributed by atoms with van der Waals surface area (Å²) in [5.74, 6) is 0.134. The molecule has 1 aromatic carbocycles. The normalized spacial score (nSPS) is 18.0. The number of carbonyl (C=O) groups excluding carboxylic acids is 1. The van der Waals surface area contributed by atoms with E-state index in [0.29, 0.717) is 6.54 Å². The van der Waals surface area contributed by atoms with Gasteiger partial charge in [0.1, 0.15) is 0 Å². The van der Waals surface area contributed by atoms with Crippen LogP contribution in [0.1, 0.15) is 52.1 Å². The number of hydrogen-bond acceptors (Lipinski definition) is 3. The van der Waals surface area contributed by atoms with Crippen molar-refractivity contribution in [1.29, 1.82) is 0 Å². The second kappa shape index (κ2) is 7.23. The van der Waals surface area contributed by atoms with Crippen molar-refractivity contribution in [3.8, 4) is 0 Å². The van der Waals surface area contributed by atoms with Crippen molar-refractivity contribution in [1.82, 2.24) is 19.4 Å². The molecule has 2 aromatic rings. The monoisotopic (exact) mass is 352 g/mol. The van der Waals surface area contributed by atoms with Crippen molar-refractivity contribution in [2.75, 3.05) is 19.6 Å². The van der Waals surface area contributed by atoms with E-state index < -0.39 is 0 Å². The van der Waals surface area contributed by atoms with Crippen LogP contribution in [0.2, 0.25) is 0 Å². The standard InChI is InChI=1S/C21H28N4O/c1-16-6-7-18(12-17(16)2)21(26)24-10-5-11-25-15-22-19(20(25)14-24)13-23-8-3-4-9-23/h6-7,12,15H,3-5,8-11,13-14H2,1-2H3. The van der Waals surface area contributed by atoms with E-state index in [0.717, 1.165) is 50.4 Å². The van der Waals surface area contributed by atoms with Gasteiger partial charge < -0.3 is 9.47 Å². The molecule has 1 amide bonds. The topological polar surface area (TPSA) is 41.4 Å². The highest BCUT2D eigenvalue weighted by Gasteiger charge is 2.24. The van der Waals surface area contributed by atoms with Crippen molar-refractivity contribution in [2.45, 2.75) is 52.7 Å². The zero-order valence-corrected chi connectivity index (χ0v) is 15.9. The molecular weight excluding hydrogens is 324 g/mol. The van der Waals surface area contributed by atoms with Crippen LogP contribution in [0.5, 0.6) is 0 Å². The molecule has 0 radical (unpaired) electrons. The third-order valence-electron chi connectivity index (χ3n) is 5.81. The highest BCUT2D eigenvalue weighted by molar-refractivity contribution is 5.94. The molecule has 2 aliphatic heterocycles.